The maximum Gasteiger partial charge on any atom is 0.131 e. The molecular formula is C8H18N2O2. The summed E-state index contributed by atoms with van der Waals surface area (Å²) >= 11 is 0. The molecular weight excluding hydrogens is 156 g/mol. The number of nitrogens with zero attached hydrogens (tertiary/aromatic N) is 2. The van der Waals surface area contributed by atoms with Gasteiger partial charge < -0.3 is 9.68 Å². The monoisotopic (exact) mass is 174 g/mol. The molecule has 0 aromatic rings. The zero-order valence-electron chi connectivity index (χ0n) is 8.71. The zero-order chi connectivity index (χ0) is 9.83. The van der Waals surface area contributed by atoms with Crippen molar-refractivity contribution in [2.45, 2.75) is 52.7 Å². The molecule has 4 nitrogen and oxygen atoms in total. The van der Waals surface area contributed by atoms with Crippen LogP contribution in [0.4, 0.5) is 0 Å². The third kappa shape index (κ3) is 9.20. The fraction of sp³-hybridized carbons (Fsp3) is 1.00. The Morgan fingerprint density at radius 3 is 1.08 bits per heavy atom. The smallest absolute Gasteiger partial charge is 0.131 e. The van der Waals surface area contributed by atoms with E-state index in [0.717, 1.165) is 0 Å². The summed E-state index contributed by atoms with van der Waals surface area (Å²) in [6.07, 6.45) is 0. The molecule has 0 fully saturated rings. The van der Waals surface area contributed by atoms with E-state index >= 15 is 0 Å². The molecule has 0 N–H and O–H groups in total. The molecule has 0 aromatic carbocycles. The minimum Gasteiger partial charge on any atom is -0.371 e. The second kappa shape index (κ2) is 3.74. The minimum atomic E-state index is -0.315. The largest absolute Gasteiger partial charge is 0.371 e. The van der Waals surface area contributed by atoms with Crippen LogP contribution in [0.5, 0.6) is 0 Å². The molecule has 0 aliphatic heterocycles. The molecule has 0 saturated heterocycles. The summed E-state index contributed by atoms with van der Waals surface area (Å²) in [4.78, 5) is 9.92. The van der Waals surface area contributed by atoms with Gasteiger partial charge in [0, 0.05) is 0 Å². The normalized spacial score (nSPS) is 13.5. The lowest BCUT2D eigenvalue weighted by Crippen LogP contribution is -2.17. The lowest BCUT2D eigenvalue weighted by Gasteiger charge is -2.16. The van der Waals surface area contributed by atoms with Gasteiger partial charge in [0.15, 0.2) is 0 Å². The lowest BCUT2D eigenvalue weighted by atomic mass is 10.2. The third-order valence-corrected chi connectivity index (χ3v) is 0.663. The standard InChI is InChI=1S/C8H18N2O2/c1-7(2,3)11-9-10-12-8(4,5)6/h1-6H3. The van der Waals surface area contributed by atoms with Crippen LogP contribution >= 0.6 is 0 Å². The number of hydrogen-bond donors (Lipinski definition) is 0. The van der Waals surface area contributed by atoms with Gasteiger partial charge in [-0.05, 0) is 41.5 Å². The molecule has 0 aliphatic carbocycles. The number of hydrogen-bond acceptors (Lipinski definition) is 4. The van der Waals surface area contributed by atoms with Gasteiger partial charge in [0.25, 0.3) is 0 Å². The predicted molar refractivity (Wildman–Crippen MR) is 46.5 cm³/mol. The van der Waals surface area contributed by atoms with Crippen LogP contribution < -0.4 is 0 Å². The molecule has 0 bridgehead atoms. The Labute approximate surface area is 73.9 Å². The Bertz CT molecular complexity index is 135. The summed E-state index contributed by atoms with van der Waals surface area (Å²) in [7, 11) is 0. The molecule has 0 atom stereocenters. The molecule has 12 heavy (non-hydrogen) atoms. The van der Waals surface area contributed by atoms with E-state index < -0.39 is 0 Å². The Morgan fingerprint density at radius 1 is 0.667 bits per heavy atom. The first-order valence-corrected chi connectivity index (χ1v) is 3.97. The van der Waals surface area contributed by atoms with E-state index in [4.69, 9.17) is 9.68 Å². The summed E-state index contributed by atoms with van der Waals surface area (Å²) in [6, 6.07) is 0. The van der Waals surface area contributed by atoms with Crippen molar-refractivity contribution in [2.24, 2.45) is 10.6 Å². The van der Waals surface area contributed by atoms with Gasteiger partial charge in [-0.2, -0.15) is 0 Å². The van der Waals surface area contributed by atoms with Gasteiger partial charge in [0.05, 0.1) is 10.6 Å². The third-order valence-electron chi connectivity index (χ3n) is 0.663. The van der Waals surface area contributed by atoms with Crippen molar-refractivity contribution in [2.75, 3.05) is 0 Å². The van der Waals surface area contributed by atoms with Crippen LogP contribution in [0.2, 0.25) is 0 Å². The van der Waals surface area contributed by atoms with Gasteiger partial charge in [-0.1, -0.05) is 0 Å². The fourth-order valence-corrected chi connectivity index (χ4v) is 0.278. The second-order valence-electron chi connectivity index (χ2n) is 4.57. The SMILES string of the molecule is CC(C)(C)ON=NOC(C)(C)C. The molecule has 0 rings (SSSR count). The van der Waals surface area contributed by atoms with Crippen molar-refractivity contribution in [1.82, 2.24) is 0 Å². The first kappa shape index (κ1) is 11.2. The van der Waals surface area contributed by atoms with Gasteiger partial charge in [0.2, 0.25) is 0 Å². The molecule has 0 saturated carbocycles. The van der Waals surface area contributed by atoms with Crippen molar-refractivity contribution >= 4 is 0 Å². The van der Waals surface area contributed by atoms with E-state index in [2.05, 4.69) is 10.6 Å². The van der Waals surface area contributed by atoms with Crippen LogP contribution in [-0.4, -0.2) is 11.2 Å². The summed E-state index contributed by atoms with van der Waals surface area (Å²) in [5.74, 6) is 0. The Kier molecular flexibility index (Phi) is 3.49. The topological polar surface area (TPSA) is 43.2 Å². The van der Waals surface area contributed by atoms with Crippen molar-refractivity contribution in [3.05, 3.63) is 0 Å². The van der Waals surface area contributed by atoms with E-state index in [-0.39, 0.29) is 11.2 Å². The molecule has 0 radical (unpaired) electrons. The van der Waals surface area contributed by atoms with E-state index in [1.54, 1.807) is 0 Å². The average molecular weight is 174 g/mol. The van der Waals surface area contributed by atoms with E-state index in [9.17, 15) is 0 Å². The average Bonchev–Trinajstić information content (AvgIpc) is 1.76. The van der Waals surface area contributed by atoms with Crippen LogP contribution in [0.25, 0.3) is 0 Å². The van der Waals surface area contributed by atoms with Crippen molar-refractivity contribution in [3.63, 3.8) is 0 Å². The molecule has 0 heterocycles. The van der Waals surface area contributed by atoms with Gasteiger partial charge in [-0.3, -0.25) is 0 Å². The fourth-order valence-electron chi connectivity index (χ4n) is 0.278. The first-order chi connectivity index (χ1) is 5.21. The predicted octanol–water partition coefficient (Wildman–Crippen LogP) is 2.90. The summed E-state index contributed by atoms with van der Waals surface area (Å²) in [5, 5.41) is 6.86. The molecule has 0 amide bonds. The highest BCUT2D eigenvalue weighted by molar-refractivity contribution is 4.56. The van der Waals surface area contributed by atoms with Gasteiger partial charge >= 0.3 is 0 Å². The molecule has 0 aromatic heterocycles. The zero-order valence-corrected chi connectivity index (χ0v) is 8.71. The summed E-state index contributed by atoms with van der Waals surface area (Å²) in [5.41, 5.74) is -0.629. The van der Waals surface area contributed by atoms with E-state index in [1.165, 1.54) is 0 Å². The van der Waals surface area contributed by atoms with E-state index in [1.807, 2.05) is 41.5 Å². The maximum atomic E-state index is 4.96. The Balaban J connectivity index is 3.66. The quantitative estimate of drug-likeness (QED) is 0.477. The lowest BCUT2D eigenvalue weighted by molar-refractivity contribution is -0.0772. The van der Waals surface area contributed by atoms with Gasteiger partial charge in [-0.15, -0.1) is 0 Å². The maximum absolute atomic E-state index is 4.96. The van der Waals surface area contributed by atoms with Crippen LogP contribution in [0.1, 0.15) is 41.5 Å². The van der Waals surface area contributed by atoms with Crippen LogP contribution in [0.3, 0.4) is 0 Å². The summed E-state index contributed by atoms with van der Waals surface area (Å²) < 4.78 is 0. The molecule has 0 aliphatic rings. The highest BCUT2D eigenvalue weighted by atomic mass is 16.7. The molecule has 0 unspecified atom stereocenters. The molecule has 72 valence electrons. The highest BCUT2D eigenvalue weighted by Gasteiger charge is 2.12. The Morgan fingerprint density at radius 2 is 0.917 bits per heavy atom. The van der Waals surface area contributed by atoms with Crippen LogP contribution in [0, 0.1) is 0 Å². The molecule has 4 heteroatoms. The van der Waals surface area contributed by atoms with Crippen LogP contribution in [0.15, 0.2) is 10.6 Å². The summed E-state index contributed by atoms with van der Waals surface area (Å²) in [6.45, 7) is 11.4. The van der Waals surface area contributed by atoms with Crippen molar-refractivity contribution in [1.29, 1.82) is 0 Å². The highest BCUT2D eigenvalue weighted by Crippen LogP contribution is 2.10. The van der Waals surface area contributed by atoms with Gasteiger partial charge in [0.1, 0.15) is 11.2 Å². The van der Waals surface area contributed by atoms with Crippen molar-refractivity contribution < 1.29 is 9.68 Å². The second-order valence-corrected chi connectivity index (χ2v) is 4.57. The van der Waals surface area contributed by atoms with Crippen molar-refractivity contribution in [3.8, 4) is 0 Å². The minimum absolute atomic E-state index is 0.315. The van der Waals surface area contributed by atoms with E-state index in [0.29, 0.717) is 0 Å². The van der Waals surface area contributed by atoms with Gasteiger partial charge in [-0.25, -0.2) is 0 Å². The number of rotatable bonds is 2. The van der Waals surface area contributed by atoms with Crippen LogP contribution in [-0.2, 0) is 9.68 Å². The molecule has 0 spiro atoms. The first-order valence-electron chi connectivity index (χ1n) is 3.97. The Hall–Kier alpha value is -0.800.